The van der Waals surface area contributed by atoms with Gasteiger partial charge in [0.1, 0.15) is 67.5 Å². The van der Waals surface area contributed by atoms with Gasteiger partial charge in [0.05, 0.1) is 68.7 Å². The van der Waals surface area contributed by atoms with Crippen LogP contribution in [0.1, 0.15) is 162 Å². The number of carboxylic acid groups (broad SMARTS) is 1. The molecule has 17 atom stereocenters. The summed E-state index contributed by atoms with van der Waals surface area (Å²) in [7, 11) is 0. The second kappa shape index (κ2) is 33.0. The molecular formula is C79H96N2O25. The van der Waals surface area contributed by atoms with Crippen LogP contribution in [0.4, 0.5) is 0 Å². The van der Waals surface area contributed by atoms with Crippen molar-refractivity contribution in [3.8, 4) is 5.75 Å². The fraction of sp³-hybridized carbons (Fsp3) is 0.544. The number of nitrogens with one attached hydrogen (secondary N) is 2. The van der Waals surface area contributed by atoms with Crippen molar-refractivity contribution in [3.63, 3.8) is 0 Å². The predicted molar refractivity (Wildman–Crippen MR) is 370 cm³/mol. The molecule has 572 valence electrons. The molecule has 1 heterocycles. The van der Waals surface area contributed by atoms with Crippen LogP contribution in [0.3, 0.4) is 0 Å². The number of aromatic hydroxyl groups is 1. The summed E-state index contributed by atoms with van der Waals surface area (Å²) in [5, 5.41) is 76.3. The first kappa shape index (κ1) is 79.6. The lowest BCUT2D eigenvalue weighted by molar-refractivity contribution is -0.901. The van der Waals surface area contributed by atoms with Crippen LogP contribution in [0.2, 0.25) is 0 Å². The molecule has 0 unspecified atom stereocenters. The Morgan fingerprint density at radius 2 is 1.31 bits per heavy atom. The molecule has 11 rings (SSSR count). The topological polar surface area (TPSA) is 405 Å². The summed E-state index contributed by atoms with van der Waals surface area (Å²) in [6, 6.07) is 27.0. The number of rotatable bonds is 25. The number of carboxylic acids is 1. The highest BCUT2D eigenvalue weighted by Crippen LogP contribution is 2.66. The zero-order valence-electron chi connectivity index (χ0n) is 60.6. The third kappa shape index (κ3) is 16.0. The Morgan fingerprint density at radius 1 is 0.708 bits per heavy atom. The van der Waals surface area contributed by atoms with Crippen molar-refractivity contribution in [2.24, 2.45) is 34.0 Å². The van der Waals surface area contributed by atoms with Crippen molar-refractivity contribution in [1.29, 1.82) is 0 Å². The van der Waals surface area contributed by atoms with Gasteiger partial charge in [-0.1, -0.05) is 93.6 Å². The predicted octanol–water partition coefficient (Wildman–Crippen LogP) is 3.14. The number of quaternary nitrogens is 1. The van der Waals surface area contributed by atoms with Crippen LogP contribution in [0.25, 0.3) is 0 Å². The molecule has 27 heteroatoms. The van der Waals surface area contributed by atoms with Gasteiger partial charge in [-0.05, 0) is 128 Å². The van der Waals surface area contributed by atoms with E-state index in [1.165, 1.54) is 64.1 Å². The molecule has 0 spiro atoms. The van der Waals surface area contributed by atoms with E-state index < -0.39 is 193 Å². The first-order chi connectivity index (χ1) is 50.4. The van der Waals surface area contributed by atoms with Gasteiger partial charge in [-0.25, -0.2) is 9.59 Å². The Kier molecular flexibility index (Phi) is 24.8. The molecule has 1 aliphatic heterocycles. The summed E-state index contributed by atoms with van der Waals surface area (Å²) in [5.74, 6) is -12.6. The van der Waals surface area contributed by atoms with E-state index in [1.807, 2.05) is 13.0 Å². The number of fused-ring (bicyclic) bond motifs is 10. The van der Waals surface area contributed by atoms with Crippen LogP contribution >= 0.6 is 0 Å². The number of ether oxygens (including phenoxy) is 8. The van der Waals surface area contributed by atoms with E-state index in [9.17, 15) is 58.8 Å². The molecule has 27 nitrogen and oxygen atoms in total. The Balaban J connectivity index is 0.00000112. The molecule has 5 fully saturated rings. The second-order valence-electron chi connectivity index (χ2n) is 29.9. The number of ketones is 1. The molecule has 1 saturated heterocycles. The number of esters is 7. The third-order valence-corrected chi connectivity index (χ3v) is 23.3. The normalized spacial score (nSPS) is 29.9. The molecule has 1 amide bonds. The summed E-state index contributed by atoms with van der Waals surface area (Å²) in [5.41, 5.74) is -7.53. The quantitative estimate of drug-likeness (QED) is 0.0268. The number of carbonyl (C=O) groups is 10. The molecule has 0 radical (unpaired) electrons. The zero-order valence-corrected chi connectivity index (χ0v) is 60.6. The standard InChI is InChI=1S/C73H81NO22.C6H15NO3/c1-38-49(36-73(88)65(95-67(86)43-21-15-10-16-22-43)63-71(7,64(84)61(90-39(2)75)59(38)69(73,4)5)52(93-56(82)30-29-54(79)80)34-53-72(63,37-89-53)96-40(3)76)92-68(87)62(60(41-17-11-8-12-18-41)74-66(85)42-19-13-9-14-20-42)94-57(83)32-31-55(81)91-50-35-70(6)48(27-28-51(70)78)47-25-23-44-33-45(77)24-26-46(44)58(47)50;8-4-1-7(2-5-9)3-6-10/h8-22,24,26,33,47-53,58,60-63,65,77-78,88H,23,25,27-32,34-37H2,1-7H3,(H,74,85)(H,79,80);8-10H,1-6H2/t47-,48-,49-,50+,51-,52-,53+,58+,60-,61+,62+,63-,65-,70-,71+,72-,73+;/m0./s1. The Hall–Kier alpha value is -8.96. The van der Waals surface area contributed by atoms with Gasteiger partial charge < -0.3 is 88.7 Å². The van der Waals surface area contributed by atoms with Gasteiger partial charge in [-0.2, -0.15) is 0 Å². The van der Waals surface area contributed by atoms with E-state index in [0.29, 0.717) is 38.9 Å². The van der Waals surface area contributed by atoms with Gasteiger partial charge in [0, 0.05) is 55.0 Å². The van der Waals surface area contributed by atoms with Crippen LogP contribution in [0, 0.1) is 34.0 Å². The van der Waals surface area contributed by atoms with Crippen molar-refractivity contribution in [1.82, 2.24) is 5.32 Å². The van der Waals surface area contributed by atoms with Crippen LogP contribution in [0.5, 0.6) is 5.75 Å². The fourth-order valence-electron chi connectivity index (χ4n) is 18.0. The van der Waals surface area contributed by atoms with Crippen molar-refractivity contribution < 1.29 is 126 Å². The fourth-order valence-corrected chi connectivity index (χ4v) is 18.0. The van der Waals surface area contributed by atoms with Crippen molar-refractivity contribution >= 4 is 59.4 Å². The average molecular weight is 1470 g/mol. The number of amides is 1. The molecule has 4 aromatic rings. The lowest BCUT2D eigenvalue weighted by Gasteiger charge is -2.67. The van der Waals surface area contributed by atoms with Crippen LogP contribution in [0.15, 0.2) is 120 Å². The largest absolute Gasteiger partial charge is 0.550 e. The van der Waals surface area contributed by atoms with Gasteiger partial charge in [-0.3, -0.25) is 33.6 Å². The Morgan fingerprint density at radius 3 is 1.91 bits per heavy atom. The molecule has 0 aromatic heterocycles. The average Bonchev–Trinajstić information content (AvgIpc) is 0.730. The summed E-state index contributed by atoms with van der Waals surface area (Å²) in [4.78, 5) is 144. The summed E-state index contributed by atoms with van der Waals surface area (Å²) < 4.78 is 50.1. The van der Waals surface area contributed by atoms with Gasteiger partial charge in [-0.15, -0.1) is 0 Å². The molecule has 6 aliphatic carbocycles. The van der Waals surface area contributed by atoms with Crippen LogP contribution in [-0.2, 0) is 82.7 Å². The molecule has 106 heavy (non-hydrogen) atoms. The van der Waals surface area contributed by atoms with Crippen molar-refractivity contribution in [3.05, 3.63) is 148 Å². The van der Waals surface area contributed by atoms with E-state index in [2.05, 4.69) is 5.32 Å². The number of phenolic OH excluding ortho intramolecular Hbond substituents is 1. The Labute approximate surface area is 613 Å². The number of aliphatic hydroxyl groups excluding tert-OH is 4. The minimum Gasteiger partial charge on any atom is -0.550 e. The minimum absolute atomic E-state index is 0.00396. The van der Waals surface area contributed by atoms with Gasteiger partial charge in [0.2, 0.25) is 6.10 Å². The first-order valence-corrected chi connectivity index (χ1v) is 36.1. The number of carbonyl (C=O) groups excluding carboxylic acids is 10. The van der Waals surface area contributed by atoms with E-state index in [4.69, 9.17) is 53.2 Å². The Bertz CT molecular complexity index is 3930. The van der Waals surface area contributed by atoms with Crippen molar-refractivity contribution in [2.75, 3.05) is 46.1 Å². The number of Topliss-reactive ketones (excluding diaryl/α,β-unsaturated/α-hetero) is 1. The van der Waals surface area contributed by atoms with Crippen molar-refractivity contribution in [2.45, 2.75) is 191 Å². The summed E-state index contributed by atoms with van der Waals surface area (Å²) in [6.07, 6.45) is -13.2. The summed E-state index contributed by atoms with van der Waals surface area (Å²) in [6.45, 7) is 11.5. The lowest BCUT2D eigenvalue weighted by Crippen LogP contribution is -3.13. The van der Waals surface area contributed by atoms with Crippen LogP contribution < -0.4 is 15.3 Å². The van der Waals surface area contributed by atoms with Gasteiger partial charge >= 0.3 is 41.8 Å². The molecule has 4 aromatic carbocycles. The molecule has 2 bridgehead atoms. The molecule has 7 aliphatic rings. The van der Waals surface area contributed by atoms with Crippen LogP contribution in [-0.4, -0.2) is 196 Å². The molecular weight excluding hydrogens is 1380 g/mol. The first-order valence-electron chi connectivity index (χ1n) is 36.1. The highest BCUT2D eigenvalue weighted by molar-refractivity contribution is 5.97. The maximum absolute atomic E-state index is 16.5. The van der Waals surface area contributed by atoms with Gasteiger partial charge in [0.25, 0.3) is 5.91 Å². The van der Waals surface area contributed by atoms with E-state index in [0.717, 1.165) is 42.7 Å². The van der Waals surface area contributed by atoms with Gasteiger partial charge in [0.15, 0.2) is 17.5 Å². The third-order valence-electron chi connectivity index (χ3n) is 23.3. The van der Waals surface area contributed by atoms with E-state index >= 15 is 9.59 Å². The number of aliphatic hydroxyl groups is 5. The SMILES string of the molecule is CC(=O)O[C@H]1C(=O)[C@]2(C)[C@@H](OC(=O)CCC(=O)[O-])C[C@H]3OC[C@@]3(OC(C)=O)[C@H]2[C@H](OC(=O)c2ccccc2)[C@]2(O)C[C@H](OC(=O)[C@H](OC(=O)CCC(=O)O[C@@H]3C[C@]4(C)[C@@H](O)CC[C@H]4[C@@H]4CCc5cc(O)ccc5[C@H]43)[C@@H](NC(=O)c3ccccc3)c3ccccc3)C(C)=C1C2(C)C.OCC[NH+](CCO)CCO. The number of aryl methyl sites for hydroxylation is 1. The van der Waals surface area contributed by atoms with E-state index in [-0.39, 0.29) is 71.2 Å². The van der Waals surface area contributed by atoms with E-state index in [1.54, 1.807) is 66.7 Å². The number of hydrogen-bond acceptors (Lipinski definition) is 25. The minimum atomic E-state index is -2.67. The number of benzene rings is 4. The molecule has 8 N–H and O–H groups in total. The zero-order chi connectivity index (χ0) is 76.8. The number of aliphatic carboxylic acids is 1. The monoisotopic (exact) mass is 1470 g/mol. The maximum Gasteiger partial charge on any atom is 0.350 e. The maximum atomic E-state index is 16.5. The smallest absolute Gasteiger partial charge is 0.350 e. The number of hydrogen-bond donors (Lipinski definition) is 8. The lowest BCUT2D eigenvalue weighted by atomic mass is 9.44. The summed E-state index contributed by atoms with van der Waals surface area (Å²) >= 11 is 0. The highest BCUT2D eigenvalue weighted by atomic mass is 16.6. The second-order valence-corrected chi connectivity index (χ2v) is 29.9. The molecule has 4 saturated carbocycles. The number of phenols is 1. The highest BCUT2D eigenvalue weighted by Gasteiger charge is 2.79.